The van der Waals surface area contributed by atoms with Crippen LogP contribution in [0, 0.1) is 11.3 Å². The van der Waals surface area contributed by atoms with Crippen molar-refractivity contribution in [2.24, 2.45) is 0 Å². The molecule has 100 valence electrons. The molecular formula is C16H21N3. The van der Waals surface area contributed by atoms with Gasteiger partial charge in [0.15, 0.2) is 0 Å². The molecule has 19 heavy (non-hydrogen) atoms. The number of aryl methyl sites for hydroxylation is 1. The molecule has 0 amide bonds. The van der Waals surface area contributed by atoms with E-state index in [1.807, 2.05) is 18.2 Å². The lowest BCUT2D eigenvalue weighted by Gasteiger charge is -2.06. The normalized spacial score (nSPS) is 10.7. The fraction of sp³-hybridized carbons (Fsp3) is 0.438. The summed E-state index contributed by atoms with van der Waals surface area (Å²) in [6.07, 6.45) is 5.64. The molecule has 0 spiro atoms. The number of nitrogens with zero attached hydrogens (tertiary/aromatic N) is 2. The highest BCUT2D eigenvalue weighted by atomic mass is 14.9. The van der Waals surface area contributed by atoms with Crippen molar-refractivity contribution in [1.29, 1.82) is 5.26 Å². The highest BCUT2D eigenvalue weighted by molar-refractivity contribution is 5.85. The van der Waals surface area contributed by atoms with Gasteiger partial charge in [-0.1, -0.05) is 13.0 Å². The van der Waals surface area contributed by atoms with Crippen molar-refractivity contribution in [3.8, 4) is 6.07 Å². The number of unbranched alkanes of at least 4 members (excludes halogenated alkanes) is 1. The van der Waals surface area contributed by atoms with E-state index in [4.69, 9.17) is 5.26 Å². The molecule has 0 aliphatic carbocycles. The molecule has 2 rings (SSSR count). The van der Waals surface area contributed by atoms with Gasteiger partial charge in [0.1, 0.15) is 0 Å². The first kappa shape index (κ1) is 13.6. The maximum Gasteiger partial charge on any atom is 0.0998 e. The van der Waals surface area contributed by atoms with Crippen LogP contribution in [0.4, 0.5) is 0 Å². The number of nitriles is 1. The Bertz CT molecular complexity index is 563. The highest BCUT2D eigenvalue weighted by Gasteiger charge is 2.04. The zero-order chi connectivity index (χ0) is 13.5. The van der Waals surface area contributed by atoms with Gasteiger partial charge in [-0.25, -0.2) is 0 Å². The van der Waals surface area contributed by atoms with Gasteiger partial charge in [-0.05, 0) is 50.6 Å². The molecule has 1 aromatic carbocycles. The molecule has 0 fully saturated rings. The van der Waals surface area contributed by atoms with E-state index in [-0.39, 0.29) is 0 Å². The Morgan fingerprint density at radius 2 is 2.11 bits per heavy atom. The molecule has 0 bridgehead atoms. The molecule has 0 aliphatic heterocycles. The van der Waals surface area contributed by atoms with E-state index < -0.39 is 0 Å². The zero-order valence-electron chi connectivity index (χ0n) is 11.5. The Labute approximate surface area is 114 Å². The van der Waals surface area contributed by atoms with Gasteiger partial charge in [0.25, 0.3) is 0 Å². The molecule has 1 aromatic heterocycles. The number of fused-ring (bicyclic) bond motifs is 1. The minimum absolute atomic E-state index is 0.765. The van der Waals surface area contributed by atoms with Crippen LogP contribution in [0.15, 0.2) is 30.5 Å². The summed E-state index contributed by atoms with van der Waals surface area (Å²) in [6.45, 7) is 5.41. The number of rotatable bonds is 7. The summed E-state index contributed by atoms with van der Waals surface area (Å²) in [6, 6.07) is 10.2. The average Bonchev–Trinajstić information content (AvgIpc) is 2.86. The number of aromatic nitrogens is 1. The summed E-state index contributed by atoms with van der Waals surface area (Å²) in [7, 11) is 0. The molecule has 3 heteroatoms. The molecular weight excluding hydrogens is 234 g/mol. The minimum atomic E-state index is 0.765. The standard InChI is InChI=1S/C16H21N3/c1-2-9-18-10-3-4-11-19-12-8-15-14(13-17)6-5-7-16(15)19/h5-8,12,18H,2-4,9-11H2,1H3. The zero-order valence-corrected chi connectivity index (χ0v) is 11.5. The monoisotopic (exact) mass is 255 g/mol. The lowest BCUT2D eigenvalue weighted by molar-refractivity contribution is 0.575. The first-order valence-electron chi connectivity index (χ1n) is 7.05. The van der Waals surface area contributed by atoms with Crippen molar-refractivity contribution in [2.75, 3.05) is 13.1 Å². The third kappa shape index (κ3) is 3.36. The second kappa shape index (κ2) is 6.96. The SMILES string of the molecule is CCCNCCCCn1ccc2c(C#N)cccc21. The Morgan fingerprint density at radius 1 is 1.21 bits per heavy atom. The van der Waals surface area contributed by atoms with Crippen LogP contribution >= 0.6 is 0 Å². The molecule has 0 saturated carbocycles. The van der Waals surface area contributed by atoms with Gasteiger partial charge in [0, 0.05) is 23.6 Å². The fourth-order valence-electron chi connectivity index (χ4n) is 2.35. The van der Waals surface area contributed by atoms with Crippen LogP contribution in [-0.2, 0) is 6.54 Å². The van der Waals surface area contributed by atoms with E-state index in [9.17, 15) is 0 Å². The van der Waals surface area contributed by atoms with Crippen molar-refractivity contribution in [1.82, 2.24) is 9.88 Å². The average molecular weight is 255 g/mol. The van der Waals surface area contributed by atoms with Gasteiger partial charge in [0.2, 0.25) is 0 Å². The molecule has 0 unspecified atom stereocenters. The van der Waals surface area contributed by atoms with Gasteiger partial charge in [-0.15, -0.1) is 0 Å². The van der Waals surface area contributed by atoms with E-state index in [0.29, 0.717) is 0 Å². The molecule has 0 aliphatic rings. The van der Waals surface area contributed by atoms with Gasteiger partial charge in [-0.3, -0.25) is 0 Å². The molecule has 0 atom stereocenters. The van der Waals surface area contributed by atoms with E-state index in [1.54, 1.807) is 0 Å². The van der Waals surface area contributed by atoms with Crippen LogP contribution in [-0.4, -0.2) is 17.7 Å². The van der Waals surface area contributed by atoms with Crippen molar-refractivity contribution in [2.45, 2.75) is 32.7 Å². The van der Waals surface area contributed by atoms with Crippen LogP contribution in [0.25, 0.3) is 10.9 Å². The number of hydrogen-bond donors (Lipinski definition) is 1. The Kier molecular flexibility index (Phi) is 5.00. The number of hydrogen-bond acceptors (Lipinski definition) is 2. The van der Waals surface area contributed by atoms with Gasteiger partial charge in [0.05, 0.1) is 11.6 Å². The van der Waals surface area contributed by atoms with E-state index in [1.165, 1.54) is 18.4 Å². The second-order valence-electron chi connectivity index (χ2n) is 4.82. The lowest BCUT2D eigenvalue weighted by atomic mass is 10.1. The van der Waals surface area contributed by atoms with Crippen LogP contribution in [0.3, 0.4) is 0 Å². The second-order valence-corrected chi connectivity index (χ2v) is 4.82. The van der Waals surface area contributed by atoms with Crippen LogP contribution in [0.5, 0.6) is 0 Å². The van der Waals surface area contributed by atoms with Crippen LogP contribution in [0.1, 0.15) is 31.7 Å². The minimum Gasteiger partial charge on any atom is -0.347 e. The summed E-state index contributed by atoms with van der Waals surface area (Å²) >= 11 is 0. The molecule has 0 radical (unpaired) electrons. The maximum absolute atomic E-state index is 9.07. The van der Waals surface area contributed by atoms with Crippen LogP contribution in [0.2, 0.25) is 0 Å². The van der Waals surface area contributed by atoms with E-state index >= 15 is 0 Å². The summed E-state index contributed by atoms with van der Waals surface area (Å²) in [4.78, 5) is 0. The first-order valence-corrected chi connectivity index (χ1v) is 7.05. The molecule has 0 saturated heterocycles. The maximum atomic E-state index is 9.07. The summed E-state index contributed by atoms with van der Waals surface area (Å²) in [5.41, 5.74) is 1.93. The fourth-order valence-corrected chi connectivity index (χ4v) is 2.35. The topological polar surface area (TPSA) is 40.8 Å². The molecule has 2 aromatic rings. The third-order valence-corrected chi connectivity index (χ3v) is 3.36. The Balaban J connectivity index is 1.93. The first-order chi connectivity index (χ1) is 9.36. The Hall–Kier alpha value is -1.79. The predicted molar refractivity (Wildman–Crippen MR) is 79.0 cm³/mol. The van der Waals surface area contributed by atoms with E-state index in [0.717, 1.165) is 37.0 Å². The lowest BCUT2D eigenvalue weighted by Crippen LogP contribution is -2.16. The Morgan fingerprint density at radius 3 is 2.89 bits per heavy atom. The van der Waals surface area contributed by atoms with Crippen molar-refractivity contribution in [3.05, 3.63) is 36.0 Å². The van der Waals surface area contributed by atoms with Crippen LogP contribution < -0.4 is 5.32 Å². The van der Waals surface area contributed by atoms with Crippen molar-refractivity contribution >= 4 is 10.9 Å². The predicted octanol–water partition coefficient (Wildman–Crippen LogP) is 3.29. The van der Waals surface area contributed by atoms with Crippen molar-refractivity contribution in [3.63, 3.8) is 0 Å². The number of benzene rings is 1. The van der Waals surface area contributed by atoms with Gasteiger partial charge >= 0.3 is 0 Å². The quantitative estimate of drug-likeness (QED) is 0.771. The summed E-state index contributed by atoms with van der Waals surface area (Å²) < 4.78 is 2.25. The van der Waals surface area contributed by atoms with Crippen molar-refractivity contribution < 1.29 is 0 Å². The van der Waals surface area contributed by atoms with E-state index in [2.05, 4.69) is 35.1 Å². The highest BCUT2D eigenvalue weighted by Crippen LogP contribution is 2.20. The number of nitrogens with one attached hydrogen (secondary N) is 1. The van der Waals surface area contributed by atoms with Gasteiger partial charge in [-0.2, -0.15) is 5.26 Å². The summed E-state index contributed by atoms with van der Waals surface area (Å²) in [5, 5.41) is 13.6. The summed E-state index contributed by atoms with van der Waals surface area (Å²) in [5.74, 6) is 0. The smallest absolute Gasteiger partial charge is 0.0998 e. The molecule has 1 N–H and O–H groups in total. The largest absolute Gasteiger partial charge is 0.347 e. The molecule has 1 heterocycles. The molecule has 3 nitrogen and oxygen atoms in total. The van der Waals surface area contributed by atoms with Gasteiger partial charge < -0.3 is 9.88 Å². The third-order valence-electron chi connectivity index (χ3n) is 3.36.